The molecule has 1 rings (SSSR count). The summed E-state index contributed by atoms with van der Waals surface area (Å²) in [7, 11) is 0. The Bertz CT molecular complexity index is 350. The van der Waals surface area contributed by atoms with Crippen molar-refractivity contribution in [3.05, 3.63) is 18.2 Å². The number of hydrogen-bond donors (Lipinski definition) is 2. The minimum atomic E-state index is 0.641. The lowest BCUT2D eigenvalue weighted by Gasteiger charge is -2.11. The van der Waals surface area contributed by atoms with Crippen molar-refractivity contribution in [3.8, 4) is 5.75 Å². The Morgan fingerprint density at radius 1 is 1.28 bits per heavy atom. The van der Waals surface area contributed by atoms with Crippen LogP contribution in [0.25, 0.3) is 0 Å². The minimum absolute atomic E-state index is 0.641. The van der Waals surface area contributed by atoms with Crippen molar-refractivity contribution in [1.82, 2.24) is 0 Å². The van der Waals surface area contributed by atoms with Crippen LogP contribution in [0.3, 0.4) is 0 Å². The highest BCUT2D eigenvalue weighted by Gasteiger charge is 2.01. The molecular formula is C15H26N2O. The van der Waals surface area contributed by atoms with Crippen LogP contribution in [0.5, 0.6) is 5.75 Å². The Kier molecular flexibility index (Phi) is 6.40. The standard InChI is InChI=1S/C15H26N2O/c1-4-18-15-11-13(8-9-14(15)16)17-10-6-5-7-12(2)3/h8-9,11-12,17H,4-7,10,16H2,1-3H3. The van der Waals surface area contributed by atoms with E-state index in [1.807, 2.05) is 25.1 Å². The van der Waals surface area contributed by atoms with Gasteiger partial charge in [0.2, 0.25) is 0 Å². The molecule has 3 heteroatoms. The summed E-state index contributed by atoms with van der Waals surface area (Å²) in [5, 5.41) is 3.41. The third-order valence-electron chi connectivity index (χ3n) is 2.85. The molecule has 0 unspecified atom stereocenters. The molecule has 1 aromatic carbocycles. The minimum Gasteiger partial charge on any atom is -0.492 e. The SMILES string of the molecule is CCOc1cc(NCCCCC(C)C)ccc1N. The van der Waals surface area contributed by atoms with Crippen LogP contribution in [0.1, 0.15) is 40.0 Å². The summed E-state index contributed by atoms with van der Waals surface area (Å²) in [5.74, 6) is 1.57. The fraction of sp³-hybridized carbons (Fsp3) is 0.600. The van der Waals surface area contributed by atoms with E-state index in [-0.39, 0.29) is 0 Å². The maximum Gasteiger partial charge on any atom is 0.144 e. The van der Waals surface area contributed by atoms with Gasteiger partial charge in [-0.1, -0.05) is 26.7 Å². The first-order valence-electron chi connectivity index (χ1n) is 6.89. The maximum absolute atomic E-state index is 5.83. The first kappa shape index (κ1) is 14.7. The number of ether oxygens (including phenoxy) is 1. The Hall–Kier alpha value is -1.38. The summed E-state index contributed by atoms with van der Waals surface area (Å²) in [6, 6.07) is 5.86. The van der Waals surface area contributed by atoms with E-state index in [2.05, 4.69) is 19.2 Å². The summed E-state index contributed by atoms with van der Waals surface area (Å²) in [5.41, 5.74) is 7.61. The number of nitrogens with two attached hydrogens (primary N) is 1. The van der Waals surface area contributed by atoms with Crippen LogP contribution in [0, 0.1) is 5.92 Å². The Morgan fingerprint density at radius 3 is 2.72 bits per heavy atom. The van der Waals surface area contributed by atoms with Gasteiger partial charge in [0.1, 0.15) is 5.75 Å². The third-order valence-corrected chi connectivity index (χ3v) is 2.85. The maximum atomic E-state index is 5.83. The molecule has 3 N–H and O–H groups in total. The summed E-state index contributed by atoms with van der Waals surface area (Å²) in [6.07, 6.45) is 3.78. The van der Waals surface area contributed by atoms with Gasteiger partial charge in [0.15, 0.2) is 0 Å². The van der Waals surface area contributed by atoms with Crippen LogP contribution in [-0.2, 0) is 0 Å². The number of rotatable bonds is 8. The molecule has 0 radical (unpaired) electrons. The molecule has 3 nitrogen and oxygen atoms in total. The van der Waals surface area contributed by atoms with Crippen LogP contribution >= 0.6 is 0 Å². The summed E-state index contributed by atoms with van der Waals surface area (Å²) in [6.45, 7) is 8.14. The molecule has 0 heterocycles. The van der Waals surface area contributed by atoms with Crippen molar-refractivity contribution < 1.29 is 4.74 Å². The summed E-state index contributed by atoms with van der Waals surface area (Å²) < 4.78 is 5.47. The van der Waals surface area contributed by atoms with Crippen molar-refractivity contribution in [3.63, 3.8) is 0 Å². The van der Waals surface area contributed by atoms with E-state index < -0.39 is 0 Å². The quantitative estimate of drug-likeness (QED) is 0.543. The molecule has 0 aliphatic heterocycles. The Balaban J connectivity index is 2.35. The van der Waals surface area contributed by atoms with Crippen molar-refractivity contribution in [2.75, 3.05) is 24.2 Å². The van der Waals surface area contributed by atoms with Crippen LogP contribution < -0.4 is 15.8 Å². The van der Waals surface area contributed by atoms with E-state index in [1.54, 1.807) is 0 Å². The Labute approximate surface area is 111 Å². The van der Waals surface area contributed by atoms with E-state index in [4.69, 9.17) is 10.5 Å². The van der Waals surface area contributed by atoms with E-state index >= 15 is 0 Å². The lowest BCUT2D eigenvalue weighted by atomic mass is 10.1. The predicted octanol–water partition coefficient (Wildman–Crippen LogP) is 3.91. The molecule has 18 heavy (non-hydrogen) atoms. The molecule has 0 saturated heterocycles. The summed E-state index contributed by atoms with van der Waals surface area (Å²) in [4.78, 5) is 0. The van der Waals surface area contributed by atoms with Gasteiger partial charge in [0.05, 0.1) is 12.3 Å². The van der Waals surface area contributed by atoms with Gasteiger partial charge >= 0.3 is 0 Å². The van der Waals surface area contributed by atoms with Crippen LogP contribution in [0.4, 0.5) is 11.4 Å². The molecule has 0 aromatic heterocycles. The molecular weight excluding hydrogens is 224 g/mol. The first-order chi connectivity index (χ1) is 8.63. The molecule has 0 bridgehead atoms. The molecule has 0 spiro atoms. The van der Waals surface area contributed by atoms with E-state index in [9.17, 15) is 0 Å². The highest BCUT2D eigenvalue weighted by Crippen LogP contribution is 2.25. The van der Waals surface area contributed by atoms with Crippen molar-refractivity contribution >= 4 is 11.4 Å². The van der Waals surface area contributed by atoms with Gasteiger partial charge in [-0.15, -0.1) is 0 Å². The largest absolute Gasteiger partial charge is 0.492 e. The predicted molar refractivity (Wildman–Crippen MR) is 79.2 cm³/mol. The lowest BCUT2D eigenvalue weighted by molar-refractivity contribution is 0.342. The molecule has 0 amide bonds. The number of benzene rings is 1. The lowest BCUT2D eigenvalue weighted by Crippen LogP contribution is -2.03. The highest BCUT2D eigenvalue weighted by molar-refractivity contribution is 5.61. The molecule has 0 aliphatic rings. The number of unbranched alkanes of at least 4 members (excludes halogenated alkanes) is 1. The number of anilines is 2. The second-order valence-corrected chi connectivity index (χ2v) is 5.00. The van der Waals surface area contributed by atoms with E-state index in [0.717, 1.165) is 23.9 Å². The van der Waals surface area contributed by atoms with Gasteiger partial charge in [0.25, 0.3) is 0 Å². The average Bonchev–Trinajstić information content (AvgIpc) is 2.32. The van der Waals surface area contributed by atoms with Crippen LogP contribution in [0.15, 0.2) is 18.2 Å². The zero-order chi connectivity index (χ0) is 13.4. The number of nitrogen functional groups attached to an aromatic ring is 1. The van der Waals surface area contributed by atoms with E-state index in [0.29, 0.717) is 12.3 Å². The van der Waals surface area contributed by atoms with Gasteiger partial charge < -0.3 is 15.8 Å². The van der Waals surface area contributed by atoms with Gasteiger partial charge in [-0.2, -0.15) is 0 Å². The average molecular weight is 250 g/mol. The first-order valence-corrected chi connectivity index (χ1v) is 6.89. The normalized spacial score (nSPS) is 10.7. The van der Waals surface area contributed by atoms with Gasteiger partial charge in [-0.3, -0.25) is 0 Å². The number of hydrogen-bond acceptors (Lipinski definition) is 3. The number of nitrogens with one attached hydrogen (secondary N) is 1. The van der Waals surface area contributed by atoms with Gasteiger partial charge in [-0.25, -0.2) is 0 Å². The van der Waals surface area contributed by atoms with Crippen LogP contribution in [0.2, 0.25) is 0 Å². The van der Waals surface area contributed by atoms with E-state index in [1.165, 1.54) is 19.3 Å². The van der Waals surface area contributed by atoms with Gasteiger partial charge in [0, 0.05) is 18.3 Å². The second kappa shape index (κ2) is 7.85. The molecule has 0 atom stereocenters. The Morgan fingerprint density at radius 2 is 2.06 bits per heavy atom. The molecule has 0 saturated carbocycles. The fourth-order valence-corrected chi connectivity index (χ4v) is 1.84. The molecule has 1 aromatic rings. The highest BCUT2D eigenvalue weighted by atomic mass is 16.5. The second-order valence-electron chi connectivity index (χ2n) is 5.00. The van der Waals surface area contributed by atoms with Crippen molar-refractivity contribution in [1.29, 1.82) is 0 Å². The molecule has 102 valence electrons. The zero-order valence-corrected chi connectivity index (χ0v) is 11.8. The van der Waals surface area contributed by atoms with Gasteiger partial charge in [-0.05, 0) is 31.4 Å². The fourth-order valence-electron chi connectivity index (χ4n) is 1.84. The topological polar surface area (TPSA) is 47.3 Å². The smallest absolute Gasteiger partial charge is 0.144 e. The molecule has 0 fully saturated rings. The molecule has 0 aliphatic carbocycles. The van der Waals surface area contributed by atoms with Crippen molar-refractivity contribution in [2.45, 2.75) is 40.0 Å². The monoisotopic (exact) mass is 250 g/mol. The van der Waals surface area contributed by atoms with Crippen LogP contribution in [-0.4, -0.2) is 13.2 Å². The zero-order valence-electron chi connectivity index (χ0n) is 11.8. The van der Waals surface area contributed by atoms with Crippen molar-refractivity contribution in [2.24, 2.45) is 5.92 Å². The third kappa shape index (κ3) is 5.30. The summed E-state index contributed by atoms with van der Waals surface area (Å²) >= 11 is 0.